The fraction of sp³-hybridized carbons (Fsp3) is 0.833. The lowest BCUT2D eigenvalue weighted by atomic mass is 10.2. The van der Waals surface area contributed by atoms with E-state index in [1.54, 1.807) is 0 Å². The van der Waals surface area contributed by atoms with Crippen LogP contribution < -0.4 is 16.0 Å². The molecular formula is C12H21N3O3. The van der Waals surface area contributed by atoms with Gasteiger partial charge in [-0.1, -0.05) is 0 Å². The maximum absolute atomic E-state index is 11.6. The van der Waals surface area contributed by atoms with Gasteiger partial charge in [0.05, 0.1) is 13.2 Å². The lowest BCUT2D eigenvalue weighted by molar-refractivity contribution is -0.123. The lowest BCUT2D eigenvalue weighted by Crippen LogP contribution is -2.44. The Morgan fingerprint density at radius 1 is 1.28 bits per heavy atom. The lowest BCUT2D eigenvalue weighted by Gasteiger charge is -2.23. The molecule has 2 fully saturated rings. The van der Waals surface area contributed by atoms with Crippen LogP contribution in [0.15, 0.2) is 0 Å². The summed E-state index contributed by atoms with van der Waals surface area (Å²) in [5.74, 6) is -0.00542. The van der Waals surface area contributed by atoms with Crippen LogP contribution >= 0.6 is 0 Å². The summed E-state index contributed by atoms with van der Waals surface area (Å²) >= 11 is 0. The Bertz CT molecular complexity index is 299. The Balaban J connectivity index is 1.52. The average Bonchev–Trinajstić information content (AvgIpc) is 3.14. The van der Waals surface area contributed by atoms with E-state index in [0.717, 1.165) is 19.4 Å². The zero-order chi connectivity index (χ0) is 12.8. The highest BCUT2D eigenvalue weighted by atomic mass is 16.5. The van der Waals surface area contributed by atoms with Gasteiger partial charge in [-0.2, -0.15) is 0 Å². The molecule has 1 aliphatic carbocycles. The van der Waals surface area contributed by atoms with Crippen LogP contribution in [-0.4, -0.2) is 50.2 Å². The predicted molar refractivity (Wildman–Crippen MR) is 66.0 cm³/mol. The SMILES string of the molecule is O=C(CC1COCCN1)NCCC(=O)NC1CC1. The zero-order valence-corrected chi connectivity index (χ0v) is 10.5. The number of amides is 2. The number of morpholine rings is 1. The first kappa shape index (κ1) is 13.3. The molecule has 3 N–H and O–H groups in total. The van der Waals surface area contributed by atoms with Crippen molar-refractivity contribution in [3.63, 3.8) is 0 Å². The molecule has 1 heterocycles. The molecular weight excluding hydrogens is 234 g/mol. The third kappa shape index (κ3) is 5.01. The summed E-state index contributed by atoms with van der Waals surface area (Å²) in [6.45, 7) is 2.49. The van der Waals surface area contributed by atoms with Gasteiger partial charge in [0.25, 0.3) is 0 Å². The molecule has 1 saturated carbocycles. The van der Waals surface area contributed by atoms with E-state index in [4.69, 9.17) is 4.74 Å². The molecule has 6 nitrogen and oxygen atoms in total. The minimum absolute atomic E-state index is 0.0249. The molecule has 0 aromatic carbocycles. The second-order valence-corrected chi connectivity index (χ2v) is 4.87. The Morgan fingerprint density at radius 3 is 2.78 bits per heavy atom. The monoisotopic (exact) mass is 255 g/mol. The van der Waals surface area contributed by atoms with Crippen molar-refractivity contribution < 1.29 is 14.3 Å². The van der Waals surface area contributed by atoms with Crippen molar-refractivity contribution in [1.82, 2.24) is 16.0 Å². The van der Waals surface area contributed by atoms with Crippen molar-refractivity contribution >= 4 is 11.8 Å². The normalized spacial score (nSPS) is 23.4. The van der Waals surface area contributed by atoms with E-state index in [1.165, 1.54) is 0 Å². The van der Waals surface area contributed by atoms with Crippen LogP contribution in [0.5, 0.6) is 0 Å². The number of nitrogens with one attached hydrogen (secondary N) is 3. The van der Waals surface area contributed by atoms with E-state index >= 15 is 0 Å². The molecule has 0 aromatic heterocycles. The van der Waals surface area contributed by atoms with Gasteiger partial charge < -0.3 is 20.7 Å². The summed E-state index contributed by atoms with van der Waals surface area (Å²) in [4.78, 5) is 23.0. The van der Waals surface area contributed by atoms with Gasteiger partial charge in [0, 0.05) is 38.0 Å². The summed E-state index contributed by atoms with van der Waals surface area (Å²) < 4.78 is 5.27. The Labute approximate surface area is 107 Å². The highest BCUT2D eigenvalue weighted by Crippen LogP contribution is 2.18. The predicted octanol–water partition coefficient (Wildman–Crippen LogP) is -0.850. The molecule has 18 heavy (non-hydrogen) atoms. The number of carbonyl (C=O) groups is 2. The number of ether oxygens (including phenoxy) is 1. The highest BCUT2D eigenvalue weighted by Gasteiger charge is 2.23. The topological polar surface area (TPSA) is 79.5 Å². The first-order valence-corrected chi connectivity index (χ1v) is 6.61. The van der Waals surface area contributed by atoms with Gasteiger partial charge in [-0.15, -0.1) is 0 Å². The maximum atomic E-state index is 11.6. The van der Waals surface area contributed by atoms with Crippen molar-refractivity contribution in [3.8, 4) is 0 Å². The fourth-order valence-electron chi connectivity index (χ4n) is 1.89. The van der Waals surface area contributed by atoms with Gasteiger partial charge in [0.2, 0.25) is 11.8 Å². The van der Waals surface area contributed by atoms with E-state index in [-0.39, 0.29) is 17.9 Å². The molecule has 0 spiro atoms. The third-order valence-corrected chi connectivity index (χ3v) is 3.05. The maximum Gasteiger partial charge on any atom is 0.221 e. The standard InChI is InChI=1S/C12H21N3O3/c16-11(15-9-1-2-9)3-4-14-12(17)7-10-8-18-6-5-13-10/h9-10,13H,1-8H2,(H,14,17)(H,15,16). The van der Waals surface area contributed by atoms with Crippen LogP contribution in [0, 0.1) is 0 Å². The smallest absolute Gasteiger partial charge is 0.221 e. The molecule has 1 atom stereocenters. The van der Waals surface area contributed by atoms with Crippen molar-refractivity contribution in [2.45, 2.75) is 37.8 Å². The zero-order valence-electron chi connectivity index (χ0n) is 10.5. The van der Waals surface area contributed by atoms with Crippen LogP contribution in [0.2, 0.25) is 0 Å². The van der Waals surface area contributed by atoms with Crippen molar-refractivity contribution in [2.75, 3.05) is 26.3 Å². The minimum Gasteiger partial charge on any atom is -0.378 e. The number of hydrogen-bond acceptors (Lipinski definition) is 4. The van der Waals surface area contributed by atoms with Crippen LogP contribution in [0.1, 0.15) is 25.7 Å². The van der Waals surface area contributed by atoms with E-state index in [2.05, 4.69) is 16.0 Å². The Morgan fingerprint density at radius 2 is 2.11 bits per heavy atom. The Kier molecular flexibility index (Phi) is 4.95. The van der Waals surface area contributed by atoms with Crippen LogP contribution in [0.3, 0.4) is 0 Å². The van der Waals surface area contributed by atoms with Crippen molar-refractivity contribution in [2.24, 2.45) is 0 Å². The molecule has 0 bridgehead atoms. The van der Waals surface area contributed by atoms with Gasteiger partial charge >= 0.3 is 0 Å². The van der Waals surface area contributed by atoms with Gasteiger partial charge in [0.1, 0.15) is 0 Å². The molecule has 1 aliphatic heterocycles. The molecule has 0 radical (unpaired) electrons. The van der Waals surface area contributed by atoms with Gasteiger partial charge in [0.15, 0.2) is 0 Å². The van der Waals surface area contributed by atoms with Crippen LogP contribution in [-0.2, 0) is 14.3 Å². The van der Waals surface area contributed by atoms with Crippen molar-refractivity contribution in [1.29, 1.82) is 0 Å². The quantitative estimate of drug-likeness (QED) is 0.577. The molecule has 0 aromatic rings. The highest BCUT2D eigenvalue weighted by molar-refractivity contribution is 5.79. The summed E-state index contributed by atoms with van der Waals surface area (Å²) in [6, 6.07) is 0.482. The molecule has 1 unspecified atom stereocenters. The van der Waals surface area contributed by atoms with E-state index in [0.29, 0.717) is 38.6 Å². The number of carbonyl (C=O) groups excluding carboxylic acids is 2. The van der Waals surface area contributed by atoms with Crippen molar-refractivity contribution in [3.05, 3.63) is 0 Å². The van der Waals surface area contributed by atoms with E-state index in [1.807, 2.05) is 0 Å². The summed E-state index contributed by atoms with van der Waals surface area (Å²) in [5, 5.41) is 8.86. The fourth-order valence-corrected chi connectivity index (χ4v) is 1.89. The van der Waals surface area contributed by atoms with Crippen LogP contribution in [0.25, 0.3) is 0 Å². The number of hydrogen-bond donors (Lipinski definition) is 3. The largest absolute Gasteiger partial charge is 0.378 e. The number of rotatable bonds is 6. The minimum atomic E-state index is -0.0304. The summed E-state index contributed by atoms with van der Waals surface area (Å²) in [6.07, 6.45) is 2.94. The first-order chi connectivity index (χ1) is 8.74. The van der Waals surface area contributed by atoms with Crippen LogP contribution in [0.4, 0.5) is 0 Å². The molecule has 102 valence electrons. The van der Waals surface area contributed by atoms with E-state index < -0.39 is 0 Å². The third-order valence-electron chi connectivity index (χ3n) is 3.05. The molecule has 1 saturated heterocycles. The van der Waals surface area contributed by atoms with Gasteiger partial charge in [-0.3, -0.25) is 9.59 Å². The summed E-state index contributed by atoms with van der Waals surface area (Å²) in [7, 11) is 0. The summed E-state index contributed by atoms with van der Waals surface area (Å²) in [5.41, 5.74) is 0. The molecule has 6 heteroatoms. The molecule has 2 aliphatic rings. The average molecular weight is 255 g/mol. The molecule has 2 rings (SSSR count). The first-order valence-electron chi connectivity index (χ1n) is 6.61. The van der Waals surface area contributed by atoms with Gasteiger partial charge in [-0.25, -0.2) is 0 Å². The van der Waals surface area contributed by atoms with E-state index in [9.17, 15) is 9.59 Å². The molecule has 2 amide bonds. The second kappa shape index (κ2) is 6.70. The Hall–Kier alpha value is -1.14. The van der Waals surface area contributed by atoms with Gasteiger partial charge in [-0.05, 0) is 12.8 Å². The second-order valence-electron chi connectivity index (χ2n) is 4.87.